The minimum atomic E-state index is 1.29. The molecule has 30 heavy (non-hydrogen) atoms. The van der Waals surface area contributed by atoms with Crippen LogP contribution < -0.4 is 4.57 Å². The van der Waals surface area contributed by atoms with Crippen LogP contribution in [0, 0.1) is 13.8 Å². The minimum absolute atomic E-state index is 1.29. The van der Waals surface area contributed by atoms with Crippen molar-refractivity contribution in [2.45, 2.75) is 13.8 Å². The van der Waals surface area contributed by atoms with Gasteiger partial charge >= 0.3 is 0 Å². The molecule has 0 saturated carbocycles. The van der Waals surface area contributed by atoms with Gasteiger partial charge in [-0.05, 0) is 53.3 Å². The Morgan fingerprint density at radius 1 is 0.700 bits per heavy atom. The number of nitrogens with zero attached hydrogens (tertiary/aromatic N) is 2. The van der Waals surface area contributed by atoms with Crippen LogP contribution in [0.2, 0.25) is 0 Å². The van der Waals surface area contributed by atoms with Crippen LogP contribution >= 0.6 is 0 Å². The standard InChI is InChI=1S/C28H21N2/c1-16-8-10-21-22-11-9-18-12-13-29(3)28-25-17(2)20-7-5-4-6-19(20)15-24(25)30(23(21)14-16)27(22)26(18)28/h4-15H,1-3H3/q+1. The number of rotatable bonds is 0. The molecule has 0 spiro atoms. The lowest BCUT2D eigenvalue weighted by Gasteiger charge is -2.14. The summed E-state index contributed by atoms with van der Waals surface area (Å²) < 4.78 is 4.82. The van der Waals surface area contributed by atoms with Crippen molar-refractivity contribution in [1.82, 2.24) is 4.40 Å². The molecule has 0 saturated heterocycles. The summed E-state index contributed by atoms with van der Waals surface area (Å²) in [6.07, 6.45) is 2.20. The molecule has 0 aliphatic heterocycles. The third-order valence-electron chi connectivity index (χ3n) is 6.95. The van der Waals surface area contributed by atoms with Crippen molar-refractivity contribution in [3.8, 4) is 0 Å². The molecule has 0 unspecified atom stereocenters. The van der Waals surface area contributed by atoms with E-state index in [4.69, 9.17) is 0 Å². The Bertz CT molecular complexity index is 1820. The van der Waals surface area contributed by atoms with Gasteiger partial charge < -0.3 is 4.40 Å². The normalized spacial score (nSPS) is 12.5. The second-order valence-corrected chi connectivity index (χ2v) is 8.67. The van der Waals surface area contributed by atoms with Gasteiger partial charge in [0.2, 0.25) is 5.52 Å². The highest BCUT2D eigenvalue weighted by Gasteiger charge is 2.24. The molecule has 7 aromatic rings. The van der Waals surface area contributed by atoms with E-state index < -0.39 is 0 Å². The van der Waals surface area contributed by atoms with Crippen molar-refractivity contribution >= 4 is 59.8 Å². The molecule has 0 aliphatic carbocycles. The van der Waals surface area contributed by atoms with Crippen LogP contribution in [0.25, 0.3) is 59.8 Å². The maximum absolute atomic E-state index is 2.52. The fourth-order valence-electron chi connectivity index (χ4n) is 5.60. The summed E-state index contributed by atoms with van der Waals surface area (Å²) in [7, 11) is 2.18. The van der Waals surface area contributed by atoms with Crippen molar-refractivity contribution in [1.29, 1.82) is 0 Å². The molecule has 2 heteroatoms. The second-order valence-electron chi connectivity index (χ2n) is 8.67. The van der Waals surface area contributed by atoms with Gasteiger partial charge in [0.15, 0.2) is 6.20 Å². The highest BCUT2D eigenvalue weighted by Crippen LogP contribution is 2.42. The van der Waals surface area contributed by atoms with Crippen LogP contribution in [0.5, 0.6) is 0 Å². The highest BCUT2D eigenvalue weighted by atomic mass is 15.0. The zero-order valence-corrected chi connectivity index (χ0v) is 17.3. The summed E-state index contributed by atoms with van der Waals surface area (Å²) in [5, 5.41) is 9.30. The number of fused-ring (bicyclic) bond motifs is 7. The number of aryl methyl sites for hydroxylation is 3. The van der Waals surface area contributed by atoms with Gasteiger partial charge in [-0.15, -0.1) is 0 Å². The molecule has 3 heterocycles. The van der Waals surface area contributed by atoms with Gasteiger partial charge in [0.05, 0.1) is 27.3 Å². The molecule has 3 aromatic heterocycles. The first-order valence-corrected chi connectivity index (χ1v) is 10.5. The van der Waals surface area contributed by atoms with E-state index in [1.54, 1.807) is 0 Å². The number of pyridine rings is 2. The van der Waals surface area contributed by atoms with Gasteiger partial charge in [-0.25, -0.2) is 4.57 Å². The van der Waals surface area contributed by atoms with E-state index in [9.17, 15) is 0 Å². The topological polar surface area (TPSA) is 8.29 Å². The fourth-order valence-corrected chi connectivity index (χ4v) is 5.60. The van der Waals surface area contributed by atoms with Crippen molar-refractivity contribution in [3.63, 3.8) is 0 Å². The van der Waals surface area contributed by atoms with E-state index in [1.807, 2.05) is 0 Å². The molecule has 0 bridgehead atoms. The van der Waals surface area contributed by atoms with Gasteiger partial charge in [-0.2, -0.15) is 0 Å². The molecule has 0 N–H and O–H groups in total. The lowest BCUT2D eigenvalue weighted by atomic mass is 9.96. The van der Waals surface area contributed by atoms with Crippen molar-refractivity contribution in [2.75, 3.05) is 0 Å². The van der Waals surface area contributed by atoms with Crippen LogP contribution in [0.15, 0.2) is 72.9 Å². The molecule has 0 fully saturated rings. The molecule has 7 rings (SSSR count). The fraction of sp³-hybridized carbons (Fsp3) is 0.107. The maximum Gasteiger partial charge on any atom is 0.224 e. The Balaban J connectivity index is 1.98. The monoisotopic (exact) mass is 385 g/mol. The molecule has 0 radical (unpaired) electrons. The summed E-state index contributed by atoms with van der Waals surface area (Å²) in [4.78, 5) is 0. The Morgan fingerprint density at radius 2 is 1.53 bits per heavy atom. The molecule has 0 amide bonds. The van der Waals surface area contributed by atoms with E-state index in [0.29, 0.717) is 0 Å². The minimum Gasteiger partial charge on any atom is -0.307 e. The summed E-state index contributed by atoms with van der Waals surface area (Å²) in [5.74, 6) is 0. The highest BCUT2D eigenvalue weighted by molar-refractivity contribution is 6.28. The predicted octanol–water partition coefficient (Wildman–Crippen LogP) is 6.58. The maximum atomic E-state index is 2.52. The van der Waals surface area contributed by atoms with Crippen molar-refractivity contribution in [2.24, 2.45) is 7.05 Å². The van der Waals surface area contributed by atoms with Crippen LogP contribution in [0.4, 0.5) is 0 Å². The van der Waals surface area contributed by atoms with Crippen LogP contribution in [-0.4, -0.2) is 4.40 Å². The third kappa shape index (κ3) is 1.78. The second kappa shape index (κ2) is 5.28. The summed E-state index contributed by atoms with van der Waals surface area (Å²) >= 11 is 0. The SMILES string of the molecule is Cc1ccc2c3ccc4cc[n+](C)c5c6c(C)c7ccccc7cc6n(c2c1)c3c45. The number of hydrogen-bond acceptors (Lipinski definition) is 0. The Kier molecular flexibility index (Phi) is 2.85. The number of aromatic nitrogens is 2. The molecular formula is C28H21N2+. The largest absolute Gasteiger partial charge is 0.307 e. The number of hydrogen-bond donors (Lipinski definition) is 0. The summed E-state index contributed by atoms with van der Waals surface area (Å²) in [6, 6.07) is 24.8. The van der Waals surface area contributed by atoms with Crippen molar-refractivity contribution in [3.05, 3.63) is 84.1 Å². The lowest BCUT2D eigenvalue weighted by molar-refractivity contribution is -0.643. The van der Waals surface area contributed by atoms with Crippen LogP contribution in [0.1, 0.15) is 11.1 Å². The average Bonchev–Trinajstić information content (AvgIpc) is 3.08. The van der Waals surface area contributed by atoms with E-state index in [2.05, 4.69) is 103 Å². The van der Waals surface area contributed by atoms with Gasteiger partial charge in [-0.1, -0.05) is 48.5 Å². The quantitative estimate of drug-likeness (QED) is 0.158. The smallest absolute Gasteiger partial charge is 0.224 e. The van der Waals surface area contributed by atoms with Crippen molar-refractivity contribution < 1.29 is 4.57 Å². The first kappa shape index (κ1) is 16.2. The lowest BCUT2D eigenvalue weighted by Crippen LogP contribution is -2.28. The summed E-state index contributed by atoms with van der Waals surface area (Å²) in [5.41, 5.74) is 7.89. The zero-order chi connectivity index (χ0) is 20.1. The Hall–Kier alpha value is -3.65. The van der Waals surface area contributed by atoms with Gasteiger partial charge in [0.25, 0.3) is 0 Å². The first-order valence-electron chi connectivity index (χ1n) is 10.5. The van der Waals surface area contributed by atoms with Crippen LogP contribution in [0.3, 0.4) is 0 Å². The van der Waals surface area contributed by atoms with Gasteiger partial charge in [0.1, 0.15) is 7.05 Å². The van der Waals surface area contributed by atoms with E-state index in [0.717, 1.165) is 0 Å². The molecular weight excluding hydrogens is 364 g/mol. The van der Waals surface area contributed by atoms with E-state index in [1.165, 1.54) is 70.9 Å². The third-order valence-corrected chi connectivity index (χ3v) is 6.95. The van der Waals surface area contributed by atoms with E-state index in [-0.39, 0.29) is 0 Å². The van der Waals surface area contributed by atoms with Crippen LogP contribution in [-0.2, 0) is 7.05 Å². The Labute approximate surface area is 173 Å². The molecule has 0 aliphatic rings. The molecule has 0 atom stereocenters. The number of benzene rings is 4. The summed E-state index contributed by atoms with van der Waals surface area (Å²) in [6.45, 7) is 4.46. The first-order chi connectivity index (χ1) is 14.6. The zero-order valence-electron chi connectivity index (χ0n) is 17.3. The molecule has 2 nitrogen and oxygen atoms in total. The van der Waals surface area contributed by atoms with E-state index >= 15 is 0 Å². The molecule has 4 aromatic carbocycles. The van der Waals surface area contributed by atoms with Gasteiger partial charge in [-0.3, -0.25) is 0 Å². The average molecular weight is 385 g/mol. The molecule has 142 valence electrons. The predicted molar refractivity (Wildman–Crippen MR) is 127 cm³/mol. The Morgan fingerprint density at radius 3 is 2.43 bits per heavy atom. The van der Waals surface area contributed by atoms with Gasteiger partial charge in [0, 0.05) is 16.8 Å².